The van der Waals surface area contributed by atoms with Crippen molar-refractivity contribution in [3.8, 4) is 22.9 Å². The first-order valence-corrected chi connectivity index (χ1v) is 12.2. The third-order valence-electron chi connectivity index (χ3n) is 6.56. The van der Waals surface area contributed by atoms with Gasteiger partial charge in [0.1, 0.15) is 5.75 Å². The number of rotatable bonds is 4. The van der Waals surface area contributed by atoms with Crippen LogP contribution in [-0.2, 0) is 16.6 Å². The van der Waals surface area contributed by atoms with Crippen LogP contribution in [0.5, 0.6) is 5.75 Å². The largest absolute Gasteiger partial charge is 0.497 e. The predicted molar refractivity (Wildman–Crippen MR) is 123 cm³/mol. The summed E-state index contributed by atoms with van der Waals surface area (Å²) in [6.07, 6.45) is 0.822. The first-order chi connectivity index (χ1) is 15.9. The minimum atomic E-state index is -3.68. The molecule has 1 fully saturated rings. The summed E-state index contributed by atoms with van der Waals surface area (Å²) >= 11 is 0. The summed E-state index contributed by atoms with van der Waals surface area (Å²) in [5.41, 5.74) is 3.04. The number of nitrogens with zero attached hydrogens (tertiary/aromatic N) is 3. The molecule has 2 atom stereocenters. The van der Waals surface area contributed by atoms with Crippen LogP contribution in [0, 0.1) is 17.2 Å². The van der Waals surface area contributed by atoms with Gasteiger partial charge in [-0.15, -0.1) is 0 Å². The third kappa shape index (κ3) is 3.73. The number of sulfonamides is 1. The van der Waals surface area contributed by atoms with E-state index in [1.165, 1.54) is 0 Å². The smallest absolute Gasteiger partial charge is 0.250 e. The van der Waals surface area contributed by atoms with Gasteiger partial charge in [0.15, 0.2) is 0 Å². The molecule has 1 saturated heterocycles. The zero-order valence-electron chi connectivity index (χ0n) is 18.1. The standard InChI is InChI=1S/C25H23N3O4S/c1-32-21-5-7-22(8-6-21)33(30,31)27-14-18-12-20(16-27)25-23(9-10-24(29)28(25)15-18)19-4-2-3-17(11-19)13-26/h2-11,18,20H,12,14-16H2,1H3. The van der Waals surface area contributed by atoms with E-state index in [-0.39, 0.29) is 22.3 Å². The maximum atomic E-state index is 13.4. The van der Waals surface area contributed by atoms with Crippen LogP contribution in [0.25, 0.3) is 11.1 Å². The molecule has 2 aliphatic heterocycles. The summed E-state index contributed by atoms with van der Waals surface area (Å²) in [7, 11) is -2.14. The fraction of sp³-hybridized carbons (Fsp3) is 0.280. The lowest BCUT2D eigenvalue weighted by molar-refractivity contribution is 0.187. The second-order valence-corrected chi connectivity index (χ2v) is 10.5. The first kappa shape index (κ1) is 21.4. The normalized spacial score (nSPS) is 20.0. The van der Waals surface area contributed by atoms with E-state index in [0.717, 1.165) is 23.2 Å². The van der Waals surface area contributed by atoms with Crippen molar-refractivity contribution in [3.63, 3.8) is 0 Å². The summed E-state index contributed by atoms with van der Waals surface area (Å²) in [6, 6.07) is 19.2. The molecular formula is C25H23N3O4S. The Morgan fingerprint density at radius 3 is 2.55 bits per heavy atom. The molecule has 2 unspecified atom stereocenters. The van der Waals surface area contributed by atoms with Gasteiger partial charge in [-0.25, -0.2) is 8.42 Å². The Bertz CT molecular complexity index is 1420. The highest BCUT2D eigenvalue weighted by Crippen LogP contribution is 2.41. The van der Waals surface area contributed by atoms with Crippen LogP contribution in [0.3, 0.4) is 0 Å². The summed E-state index contributed by atoms with van der Waals surface area (Å²) in [4.78, 5) is 13.0. The molecule has 33 heavy (non-hydrogen) atoms. The molecule has 0 saturated carbocycles. The van der Waals surface area contributed by atoms with Crippen molar-refractivity contribution < 1.29 is 13.2 Å². The van der Waals surface area contributed by atoms with Crippen LogP contribution in [0.4, 0.5) is 0 Å². The lowest BCUT2D eigenvalue weighted by Crippen LogP contribution is -2.49. The van der Waals surface area contributed by atoms with E-state index in [1.54, 1.807) is 64.5 Å². The van der Waals surface area contributed by atoms with E-state index in [2.05, 4.69) is 6.07 Å². The van der Waals surface area contributed by atoms with Crippen molar-refractivity contribution in [2.75, 3.05) is 20.2 Å². The highest BCUT2D eigenvalue weighted by Gasteiger charge is 2.40. The van der Waals surface area contributed by atoms with Gasteiger partial charge in [0.25, 0.3) is 5.56 Å². The van der Waals surface area contributed by atoms with Crippen LogP contribution >= 0.6 is 0 Å². The molecule has 2 bridgehead atoms. The Hall–Kier alpha value is -3.41. The van der Waals surface area contributed by atoms with Crippen LogP contribution < -0.4 is 10.3 Å². The minimum absolute atomic E-state index is 0.0580. The second-order valence-electron chi connectivity index (χ2n) is 8.57. The fourth-order valence-corrected chi connectivity index (χ4v) is 6.63. The molecule has 168 valence electrons. The van der Waals surface area contributed by atoms with Gasteiger partial charge in [-0.1, -0.05) is 12.1 Å². The third-order valence-corrected chi connectivity index (χ3v) is 8.40. The molecule has 1 aromatic heterocycles. The quantitative estimate of drug-likeness (QED) is 0.595. The number of benzene rings is 2. The molecule has 8 heteroatoms. The maximum absolute atomic E-state index is 13.4. The summed E-state index contributed by atoms with van der Waals surface area (Å²) in [6.45, 7) is 1.16. The van der Waals surface area contributed by atoms with E-state index in [0.29, 0.717) is 30.9 Å². The van der Waals surface area contributed by atoms with E-state index >= 15 is 0 Å². The van der Waals surface area contributed by atoms with Gasteiger partial charge in [0.2, 0.25) is 10.0 Å². The van der Waals surface area contributed by atoms with Gasteiger partial charge in [-0.05, 0) is 60.4 Å². The summed E-state index contributed by atoms with van der Waals surface area (Å²) in [5, 5.41) is 9.31. The molecule has 2 aliphatic rings. The van der Waals surface area contributed by atoms with Crippen molar-refractivity contribution in [2.45, 2.75) is 23.8 Å². The maximum Gasteiger partial charge on any atom is 0.250 e. The SMILES string of the molecule is COc1ccc(S(=O)(=O)N2CC3CC(C2)c2c(-c4cccc(C#N)c4)ccc(=O)n2C3)cc1. The van der Waals surface area contributed by atoms with Gasteiger partial charge in [0.05, 0.1) is 23.6 Å². The Labute approximate surface area is 192 Å². The van der Waals surface area contributed by atoms with Crippen LogP contribution in [0.15, 0.2) is 70.4 Å². The van der Waals surface area contributed by atoms with E-state index in [4.69, 9.17) is 4.74 Å². The van der Waals surface area contributed by atoms with Crippen LogP contribution in [0.2, 0.25) is 0 Å². The molecule has 0 spiro atoms. The molecule has 7 nitrogen and oxygen atoms in total. The number of fused-ring (bicyclic) bond motifs is 4. The van der Waals surface area contributed by atoms with Crippen molar-refractivity contribution in [1.82, 2.24) is 8.87 Å². The molecular weight excluding hydrogens is 438 g/mol. The molecule has 0 amide bonds. The molecule has 3 heterocycles. The van der Waals surface area contributed by atoms with Gasteiger partial charge in [-0.2, -0.15) is 9.57 Å². The van der Waals surface area contributed by atoms with Crippen molar-refractivity contribution in [2.24, 2.45) is 5.92 Å². The average Bonchev–Trinajstić information content (AvgIpc) is 2.84. The first-order valence-electron chi connectivity index (χ1n) is 10.8. The van der Waals surface area contributed by atoms with Gasteiger partial charge < -0.3 is 9.30 Å². The zero-order chi connectivity index (χ0) is 23.2. The number of methoxy groups -OCH3 is 1. The molecule has 0 aliphatic carbocycles. The fourth-order valence-electron chi connectivity index (χ4n) is 5.06. The topological polar surface area (TPSA) is 92.4 Å². The molecule has 0 radical (unpaired) electrons. The molecule has 5 rings (SSSR count). The van der Waals surface area contributed by atoms with Gasteiger partial charge in [-0.3, -0.25) is 4.79 Å². The average molecular weight is 462 g/mol. The lowest BCUT2D eigenvalue weighted by atomic mass is 9.81. The van der Waals surface area contributed by atoms with Crippen molar-refractivity contribution >= 4 is 10.0 Å². The monoisotopic (exact) mass is 461 g/mol. The second kappa shape index (κ2) is 8.18. The number of hydrogen-bond donors (Lipinski definition) is 0. The van der Waals surface area contributed by atoms with E-state index in [1.807, 2.05) is 12.1 Å². The van der Waals surface area contributed by atoms with Crippen LogP contribution in [0.1, 0.15) is 23.6 Å². The minimum Gasteiger partial charge on any atom is -0.497 e. The van der Waals surface area contributed by atoms with Crippen LogP contribution in [-0.4, -0.2) is 37.5 Å². The Morgan fingerprint density at radius 1 is 1.03 bits per heavy atom. The number of ether oxygens (including phenoxy) is 1. The summed E-state index contributed by atoms with van der Waals surface area (Å²) < 4.78 is 35.3. The number of nitriles is 1. The lowest BCUT2D eigenvalue weighted by Gasteiger charge is -2.42. The van der Waals surface area contributed by atoms with E-state index < -0.39 is 10.0 Å². The zero-order valence-corrected chi connectivity index (χ0v) is 19.0. The number of aromatic nitrogens is 1. The highest BCUT2D eigenvalue weighted by atomic mass is 32.2. The summed E-state index contributed by atoms with van der Waals surface area (Å²) in [5.74, 6) is 0.546. The van der Waals surface area contributed by atoms with Gasteiger partial charge >= 0.3 is 0 Å². The molecule has 0 N–H and O–H groups in total. The van der Waals surface area contributed by atoms with Crippen molar-refractivity contribution in [1.29, 1.82) is 5.26 Å². The number of hydrogen-bond acceptors (Lipinski definition) is 5. The van der Waals surface area contributed by atoms with E-state index in [9.17, 15) is 18.5 Å². The Morgan fingerprint density at radius 2 is 1.82 bits per heavy atom. The molecule has 3 aromatic rings. The number of pyridine rings is 1. The highest BCUT2D eigenvalue weighted by molar-refractivity contribution is 7.89. The Kier molecular flexibility index (Phi) is 5.31. The van der Waals surface area contributed by atoms with Crippen molar-refractivity contribution in [3.05, 3.63) is 82.3 Å². The Balaban J connectivity index is 1.55. The number of piperidine rings is 1. The molecule has 2 aromatic carbocycles. The predicted octanol–water partition coefficient (Wildman–Crippen LogP) is 3.20. The van der Waals surface area contributed by atoms with Gasteiger partial charge in [0, 0.05) is 42.9 Å².